The van der Waals surface area contributed by atoms with Gasteiger partial charge < -0.3 is 14.4 Å². The molecule has 0 aromatic heterocycles. The number of hydrogen-bond donors (Lipinski definition) is 1. The van der Waals surface area contributed by atoms with Crippen LogP contribution in [0.15, 0.2) is 84.4 Å². The van der Waals surface area contributed by atoms with E-state index in [0.717, 1.165) is 42.3 Å². The third-order valence-corrected chi connectivity index (χ3v) is 4.80. The maximum atomic E-state index is 10.3. The molecule has 0 radical (unpaired) electrons. The van der Waals surface area contributed by atoms with Crippen LogP contribution in [0.25, 0.3) is 0 Å². The fourth-order valence-electron chi connectivity index (χ4n) is 3.27. The van der Waals surface area contributed by atoms with E-state index in [1.54, 1.807) is 0 Å². The van der Waals surface area contributed by atoms with E-state index in [9.17, 15) is 5.02 Å². The Morgan fingerprint density at radius 1 is 1.07 bits per heavy atom. The predicted molar refractivity (Wildman–Crippen MR) is 110 cm³/mol. The van der Waals surface area contributed by atoms with E-state index in [4.69, 9.17) is 9.39 Å². The Balaban J connectivity index is 1.40. The van der Waals surface area contributed by atoms with Crippen LogP contribution in [0.2, 0.25) is 0 Å². The van der Waals surface area contributed by atoms with Crippen LogP contribution in [0.1, 0.15) is 30.4 Å². The molecule has 1 aliphatic heterocycles. The van der Waals surface area contributed by atoms with Crippen LogP contribution in [0.4, 0.5) is 0 Å². The molecule has 140 valence electrons. The van der Waals surface area contributed by atoms with Gasteiger partial charge in [-0.3, -0.25) is 0 Å². The average Bonchev–Trinajstić information content (AvgIpc) is 2.70. The Labute approximate surface area is 162 Å². The zero-order chi connectivity index (χ0) is 18.9. The lowest BCUT2D eigenvalue weighted by Crippen LogP contribution is -2.35. The minimum absolute atomic E-state index is 0.121. The summed E-state index contributed by atoms with van der Waals surface area (Å²) in [6, 6.07) is 20.5. The number of ether oxygens (including phenoxy) is 1. The van der Waals surface area contributed by atoms with Crippen molar-refractivity contribution in [3.05, 3.63) is 95.5 Å². The molecule has 3 nitrogen and oxygen atoms in total. The quantitative estimate of drug-likeness (QED) is 0.667. The summed E-state index contributed by atoms with van der Waals surface area (Å²) < 4.78 is 11.5. The molecule has 0 spiro atoms. The van der Waals surface area contributed by atoms with Gasteiger partial charge in [-0.25, -0.2) is 0 Å². The van der Waals surface area contributed by atoms with Gasteiger partial charge in [-0.15, -0.1) is 0 Å². The molecule has 0 bridgehead atoms. The lowest BCUT2D eigenvalue weighted by molar-refractivity contribution is 0.0316. The summed E-state index contributed by atoms with van der Waals surface area (Å²) in [6.07, 6.45) is 5.55. The highest BCUT2D eigenvalue weighted by Crippen LogP contribution is 2.24. The van der Waals surface area contributed by atoms with Crippen molar-refractivity contribution < 1.29 is 14.4 Å². The summed E-state index contributed by atoms with van der Waals surface area (Å²) in [5, 5.41) is 10.3. The molecule has 3 rings (SSSR count). The summed E-state index contributed by atoms with van der Waals surface area (Å²) in [5.41, 5.74) is 4.25. The largest absolute Gasteiger partial charge is 0.491 e. The molecule has 0 aliphatic carbocycles. The molecule has 1 unspecified atom stereocenters. The number of aryl methyl sites for hydroxylation is 1. The van der Waals surface area contributed by atoms with Crippen LogP contribution in [0, 0.1) is 0 Å². The van der Waals surface area contributed by atoms with E-state index >= 15 is 0 Å². The molecule has 1 heterocycles. The molecule has 27 heavy (non-hydrogen) atoms. The molecule has 4 heteroatoms. The van der Waals surface area contributed by atoms with Gasteiger partial charge in [-0.2, -0.15) is 0 Å². The monoisotopic (exact) mass is 362 g/mol. The smallest absolute Gasteiger partial charge is 0.423 e. The minimum atomic E-state index is -0.909. The third kappa shape index (κ3) is 6.21. The molecule has 1 atom stereocenters. The second-order valence-corrected chi connectivity index (χ2v) is 6.95. The molecular weight excluding hydrogens is 335 g/mol. The molecule has 1 aliphatic rings. The molecule has 2 aromatic carbocycles. The molecule has 0 fully saturated rings. The van der Waals surface area contributed by atoms with Crippen LogP contribution in [0.3, 0.4) is 0 Å². The van der Waals surface area contributed by atoms with E-state index in [0.29, 0.717) is 13.2 Å². The highest BCUT2D eigenvalue weighted by Gasteiger charge is 2.29. The van der Waals surface area contributed by atoms with E-state index in [-0.39, 0.29) is 6.10 Å². The van der Waals surface area contributed by atoms with Crippen molar-refractivity contribution >= 4 is 7.12 Å². The highest BCUT2D eigenvalue weighted by molar-refractivity contribution is 6.54. The van der Waals surface area contributed by atoms with Gasteiger partial charge in [0.2, 0.25) is 0 Å². The van der Waals surface area contributed by atoms with E-state index < -0.39 is 7.12 Å². The first-order chi connectivity index (χ1) is 13.2. The van der Waals surface area contributed by atoms with Gasteiger partial charge in [0, 0.05) is 0 Å². The fraction of sp³-hybridized carbons (Fsp3) is 0.304. The zero-order valence-corrected chi connectivity index (χ0v) is 15.7. The van der Waals surface area contributed by atoms with Gasteiger partial charge in [-0.1, -0.05) is 78.9 Å². The minimum Gasteiger partial charge on any atom is -0.423 e. The number of hydrogen-bond acceptors (Lipinski definition) is 3. The highest BCUT2D eigenvalue weighted by atomic mass is 16.6. The second-order valence-electron chi connectivity index (χ2n) is 6.95. The van der Waals surface area contributed by atoms with Crippen LogP contribution in [0.5, 0.6) is 0 Å². The van der Waals surface area contributed by atoms with Crippen molar-refractivity contribution in [3.8, 4) is 0 Å². The molecule has 0 saturated heterocycles. The van der Waals surface area contributed by atoms with E-state index in [1.165, 1.54) is 5.56 Å². The van der Waals surface area contributed by atoms with E-state index in [1.807, 2.05) is 36.4 Å². The van der Waals surface area contributed by atoms with Crippen molar-refractivity contribution in [1.29, 1.82) is 0 Å². The average molecular weight is 362 g/mol. The molecular formula is C23H27BO3. The Kier molecular flexibility index (Phi) is 7.46. The van der Waals surface area contributed by atoms with Crippen LogP contribution in [-0.2, 0) is 22.4 Å². The summed E-state index contributed by atoms with van der Waals surface area (Å²) >= 11 is 0. The van der Waals surface area contributed by atoms with Crippen LogP contribution >= 0.6 is 0 Å². The zero-order valence-electron chi connectivity index (χ0n) is 15.7. The first-order valence-electron chi connectivity index (χ1n) is 9.59. The first kappa shape index (κ1) is 19.6. The van der Waals surface area contributed by atoms with Crippen molar-refractivity contribution in [2.24, 2.45) is 0 Å². The fourth-order valence-corrected chi connectivity index (χ4v) is 3.27. The standard InChI is InChI=1S/C23H27BO3/c1-19(9-8-14-20-10-4-2-5-11-20)23-16-15-22(27-24(23)25)18-26-17-21-12-6-3-7-13-21/h2-7,10-13,16,22,25H,1,8-9,14-15,17-18H2. The lowest BCUT2D eigenvalue weighted by Gasteiger charge is -2.26. The Morgan fingerprint density at radius 3 is 2.41 bits per heavy atom. The van der Waals surface area contributed by atoms with Gasteiger partial charge in [0.05, 0.1) is 19.3 Å². The molecule has 2 aromatic rings. The second kappa shape index (κ2) is 10.3. The van der Waals surface area contributed by atoms with Gasteiger partial charge >= 0.3 is 7.12 Å². The topological polar surface area (TPSA) is 38.7 Å². The summed E-state index contributed by atoms with van der Waals surface area (Å²) in [5.74, 6) is 0. The number of rotatable bonds is 9. The van der Waals surface area contributed by atoms with Crippen molar-refractivity contribution in [2.75, 3.05) is 6.61 Å². The van der Waals surface area contributed by atoms with Gasteiger partial charge in [0.1, 0.15) is 0 Å². The Morgan fingerprint density at radius 2 is 1.74 bits per heavy atom. The molecule has 0 saturated carbocycles. The summed E-state index contributed by atoms with van der Waals surface area (Å²) in [6.45, 7) is 5.17. The number of benzene rings is 2. The van der Waals surface area contributed by atoms with Crippen molar-refractivity contribution in [3.63, 3.8) is 0 Å². The molecule has 1 N–H and O–H groups in total. The van der Waals surface area contributed by atoms with Crippen LogP contribution < -0.4 is 0 Å². The summed E-state index contributed by atoms with van der Waals surface area (Å²) in [4.78, 5) is 0. The maximum absolute atomic E-state index is 10.3. The van der Waals surface area contributed by atoms with Crippen LogP contribution in [-0.4, -0.2) is 24.9 Å². The third-order valence-electron chi connectivity index (χ3n) is 4.80. The molecule has 0 amide bonds. The number of allylic oxidation sites excluding steroid dienone is 2. The van der Waals surface area contributed by atoms with Gasteiger partial charge in [0.25, 0.3) is 0 Å². The Bertz CT molecular complexity index is 743. The normalized spacial score (nSPS) is 16.9. The summed E-state index contributed by atoms with van der Waals surface area (Å²) in [7, 11) is -0.909. The van der Waals surface area contributed by atoms with E-state index in [2.05, 4.69) is 36.9 Å². The van der Waals surface area contributed by atoms with Gasteiger partial charge in [-0.05, 0) is 42.3 Å². The first-order valence-corrected chi connectivity index (χ1v) is 9.59. The Hall–Kier alpha value is -2.14. The van der Waals surface area contributed by atoms with Gasteiger partial charge in [0.15, 0.2) is 0 Å². The SMILES string of the molecule is C=C(CCCc1ccccc1)C1=CCC(COCc2ccccc2)OB1O. The lowest BCUT2D eigenvalue weighted by atomic mass is 9.70. The van der Waals surface area contributed by atoms with Crippen molar-refractivity contribution in [1.82, 2.24) is 0 Å². The maximum Gasteiger partial charge on any atom is 0.491 e. The van der Waals surface area contributed by atoms with Crippen molar-refractivity contribution in [2.45, 2.75) is 38.4 Å². The predicted octanol–water partition coefficient (Wildman–Crippen LogP) is 4.52.